The zero-order valence-electron chi connectivity index (χ0n) is 27.0. The van der Waals surface area contributed by atoms with Gasteiger partial charge in [0.25, 0.3) is 0 Å². The second-order valence-electron chi connectivity index (χ2n) is 12.0. The highest BCUT2D eigenvalue weighted by atomic mass is 31.1. The minimum atomic E-state index is -0.629. The van der Waals surface area contributed by atoms with E-state index in [0.29, 0.717) is 0 Å². The molecule has 1 saturated heterocycles. The van der Waals surface area contributed by atoms with Crippen LogP contribution in [0, 0.1) is 0 Å². The molecule has 1 aliphatic heterocycles. The SMILES string of the molecule is c1ccc(P(CCC2O[C@@H](CP(c3ccccc3)c3ccccc3)[C@@H](CP(c3ccccc3)c3ccccc3)O2)c2ccccc2)cc1. The van der Waals surface area contributed by atoms with Gasteiger partial charge in [0.2, 0.25) is 0 Å². The summed E-state index contributed by atoms with van der Waals surface area (Å²) in [5.41, 5.74) is 0. The first kappa shape index (κ1) is 33.0. The molecule has 5 heteroatoms. The van der Waals surface area contributed by atoms with E-state index in [9.17, 15) is 0 Å². The summed E-state index contributed by atoms with van der Waals surface area (Å²) in [6.07, 6.45) is 3.52. The smallest absolute Gasteiger partial charge is 0.158 e. The van der Waals surface area contributed by atoms with Crippen LogP contribution in [0.25, 0.3) is 0 Å². The Labute approximate surface area is 289 Å². The van der Waals surface area contributed by atoms with E-state index in [2.05, 4.69) is 182 Å². The average molecular weight is 683 g/mol. The van der Waals surface area contributed by atoms with Crippen molar-refractivity contribution in [2.24, 2.45) is 0 Å². The molecule has 1 aliphatic rings. The predicted octanol–water partition coefficient (Wildman–Crippen LogP) is 7.89. The van der Waals surface area contributed by atoms with Crippen LogP contribution in [0.1, 0.15) is 6.42 Å². The standard InChI is InChI=1S/C43H41O2P3/c1-7-19-35(20-8-1)46(36-21-9-2-10-22-36)32-31-43-44-41(33-47(37-23-11-3-12-24-37)38-25-13-4-14-26-38)42(45-43)34-48(39-27-15-5-16-28-39)40-29-17-6-18-30-40/h1-30,41-43H,31-34H2/t41-,42+,43?. The lowest BCUT2D eigenvalue weighted by Gasteiger charge is -2.27. The van der Waals surface area contributed by atoms with Gasteiger partial charge in [0, 0.05) is 18.7 Å². The summed E-state index contributed by atoms with van der Waals surface area (Å²) in [5, 5.41) is 8.34. The van der Waals surface area contributed by atoms with E-state index in [-0.39, 0.29) is 18.5 Å². The van der Waals surface area contributed by atoms with Crippen LogP contribution in [-0.4, -0.2) is 37.0 Å². The second kappa shape index (κ2) is 16.8. The Kier molecular flexibility index (Phi) is 11.5. The minimum absolute atomic E-state index is 0.00127. The third-order valence-electron chi connectivity index (χ3n) is 8.79. The Balaban J connectivity index is 1.19. The zero-order valence-corrected chi connectivity index (χ0v) is 29.7. The molecule has 0 bridgehead atoms. The van der Waals surface area contributed by atoms with E-state index in [1.165, 1.54) is 31.8 Å². The fraction of sp³-hybridized carbons (Fsp3) is 0.163. The fourth-order valence-corrected chi connectivity index (χ4v) is 13.7. The van der Waals surface area contributed by atoms with Gasteiger partial charge in [0.15, 0.2) is 6.29 Å². The molecular formula is C43H41O2P3. The third kappa shape index (κ3) is 8.39. The first-order chi connectivity index (χ1) is 23.8. The molecule has 0 radical (unpaired) electrons. The van der Waals surface area contributed by atoms with Gasteiger partial charge in [-0.2, -0.15) is 0 Å². The summed E-state index contributed by atoms with van der Waals surface area (Å²) in [6.45, 7) is 0. The first-order valence-electron chi connectivity index (χ1n) is 16.8. The summed E-state index contributed by atoms with van der Waals surface area (Å²) in [5.74, 6) is 0. The number of hydrogen-bond donors (Lipinski definition) is 0. The van der Waals surface area contributed by atoms with Crippen molar-refractivity contribution in [3.8, 4) is 0 Å². The van der Waals surface area contributed by atoms with Crippen molar-refractivity contribution in [1.82, 2.24) is 0 Å². The minimum Gasteiger partial charge on any atom is -0.346 e. The molecule has 0 aliphatic carbocycles. The Morgan fingerprint density at radius 3 is 0.854 bits per heavy atom. The van der Waals surface area contributed by atoms with E-state index >= 15 is 0 Å². The van der Waals surface area contributed by atoms with Gasteiger partial charge < -0.3 is 9.47 Å². The van der Waals surface area contributed by atoms with E-state index in [4.69, 9.17) is 9.47 Å². The van der Waals surface area contributed by atoms with Crippen LogP contribution in [0.2, 0.25) is 0 Å². The maximum atomic E-state index is 7.06. The Bertz CT molecular complexity index is 1580. The van der Waals surface area contributed by atoms with Gasteiger partial charge >= 0.3 is 0 Å². The molecule has 6 aromatic carbocycles. The molecule has 0 amide bonds. The molecule has 1 fully saturated rings. The summed E-state index contributed by atoms with van der Waals surface area (Å²) in [4.78, 5) is 0. The molecule has 48 heavy (non-hydrogen) atoms. The predicted molar refractivity (Wildman–Crippen MR) is 210 cm³/mol. The van der Waals surface area contributed by atoms with Crippen LogP contribution in [0.3, 0.4) is 0 Å². The van der Waals surface area contributed by atoms with Gasteiger partial charge in [-0.3, -0.25) is 0 Å². The topological polar surface area (TPSA) is 18.5 Å². The molecular weight excluding hydrogens is 641 g/mol. The molecule has 3 atom stereocenters. The molecule has 1 unspecified atom stereocenters. The quantitative estimate of drug-likeness (QED) is 0.116. The van der Waals surface area contributed by atoms with E-state index in [1.807, 2.05) is 0 Å². The van der Waals surface area contributed by atoms with Gasteiger partial charge in [0.05, 0.1) is 12.2 Å². The Hall–Kier alpha value is -3.47. The molecule has 240 valence electrons. The maximum Gasteiger partial charge on any atom is 0.158 e. The monoisotopic (exact) mass is 682 g/mol. The van der Waals surface area contributed by atoms with Gasteiger partial charge in [-0.1, -0.05) is 182 Å². The van der Waals surface area contributed by atoms with Gasteiger partial charge in [-0.15, -0.1) is 0 Å². The number of rotatable bonds is 13. The highest BCUT2D eigenvalue weighted by Crippen LogP contribution is 2.44. The molecule has 6 aromatic rings. The highest BCUT2D eigenvalue weighted by Gasteiger charge is 2.40. The van der Waals surface area contributed by atoms with Crippen molar-refractivity contribution in [3.63, 3.8) is 0 Å². The zero-order chi connectivity index (χ0) is 32.4. The van der Waals surface area contributed by atoms with Crippen LogP contribution in [0.4, 0.5) is 0 Å². The van der Waals surface area contributed by atoms with E-state index in [1.54, 1.807) is 0 Å². The Morgan fingerprint density at radius 1 is 0.333 bits per heavy atom. The Morgan fingerprint density at radius 2 is 0.583 bits per heavy atom. The van der Waals surface area contributed by atoms with Crippen LogP contribution in [0.5, 0.6) is 0 Å². The summed E-state index contributed by atoms with van der Waals surface area (Å²) < 4.78 is 14.1. The highest BCUT2D eigenvalue weighted by molar-refractivity contribution is 7.73. The van der Waals surface area contributed by atoms with E-state index < -0.39 is 23.8 Å². The molecule has 0 spiro atoms. The normalized spacial score (nSPS) is 17.7. The molecule has 7 rings (SSSR count). The molecule has 1 heterocycles. The van der Waals surface area contributed by atoms with Crippen molar-refractivity contribution in [2.45, 2.75) is 24.9 Å². The number of hydrogen-bond acceptors (Lipinski definition) is 2. The summed E-state index contributed by atoms with van der Waals surface area (Å²) in [7, 11) is -1.78. The van der Waals surface area contributed by atoms with Gasteiger partial charge in [-0.25, -0.2) is 0 Å². The van der Waals surface area contributed by atoms with Crippen molar-refractivity contribution >= 4 is 55.6 Å². The molecule has 0 aromatic heterocycles. The summed E-state index contributed by atoms with van der Waals surface area (Å²) in [6, 6.07) is 66.0. The van der Waals surface area contributed by atoms with Crippen molar-refractivity contribution in [3.05, 3.63) is 182 Å². The lowest BCUT2D eigenvalue weighted by Crippen LogP contribution is -2.33. The number of ether oxygens (including phenoxy) is 2. The van der Waals surface area contributed by atoms with Crippen LogP contribution in [0.15, 0.2) is 182 Å². The summed E-state index contributed by atoms with van der Waals surface area (Å²) >= 11 is 0. The molecule has 2 nitrogen and oxygen atoms in total. The largest absolute Gasteiger partial charge is 0.346 e. The van der Waals surface area contributed by atoms with Gasteiger partial charge in [-0.05, 0) is 61.8 Å². The average Bonchev–Trinajstić information content (AvgIpc) is 3.56. The van der Waals surface area contributed by atoms with Crippen molar-refractivity contribution in [1.29, 1.82) is 0 Å². The number of benzene rings is 6. The van der Waals surface area contributed by atoms with E-state index in [0.717, 1.165) is 24.9 Å². The second-order valence-corrected chi connectivity index (χ2v) is 18.8. The molecule has 0 N–H and O–H groups in total. The maximum absolute atomic E-state index is 7.06. The van der Waals surface area contributed by atoms with Crippen LogP contribution in [-0.2, 0) is 9.47 Å². The van der Waals surface area contributed by atoms with Crippen molar-refractivity contribution < 1.29 is 9.47 Å². The van der Waals surface area contributed by atoms with Crippen LogP contribution < -0.4 is 31.8 Å². The molecule has 0 saturated carbocycles. The van der Waals surface area contributed by atoms with Crippen molar-refractivity contribution in [2.75, 3.05) is 18.5 Å². The van der Waals surface area contributed by atoms with Gasteiger partial charge in [0.1, 0.15) is 0 Å². The third-order valence-corrected chi connectivity index (χ3v) is 16.5. The lowest BCUT2D eigenvalue weighted by atomic mass is 10.3. The van der Waals surface area contributed by atoms with Crippen LogP contribution >= 0.6 is 23.8 Å². The lowest BCUT2D eigenvalue weighted by molar-refractivity contribution is -0.0621. The first-order valence-corrected chi connectivity index (χ1v) is 21.3. The fourth-order valence-electron chi connectivity index (χ4n) is 6.42.